The van der Waals surface area contributed by atoms with E-state index in [0.717, 1.165) is 13.2 Å². The Morgan fingerprint density at radius 2 is 1.44 bits per heavy atom. The monoisotopic (exact) mass is 370 g/mol. The molecule has 0 spiro atoms. The fourth-order valence-corrected chi connectivity index (χ4v) is 10.1. The minimum Gasteiger partial charge on any atom is -0.394 e. The third kappa shape index (κ3) is 8.13. The fourth-order valence-electron chi connectivity index (χ4n) is 5.60. The van der Waals surface area contributed by atoms with Crippen molar-refractivity contribution in [3.8, 4) is 0 Å². The van der Waals surface area contributed by atoms with Crippen LogP contribution < -0.4 is 0 Å². The Morgan fingerprint density at radius 1 is 0.920 bits per heavy atom. The molecule has 0 N–H and O–H groups in total. The Bertz CT molecular complexity index is 361. The highest BCUT2D eigenvalue weighted by molar-refractivity contribution is 6.69. The highest BCUT2D eigenvalue weighted by atomic mass is 28.4. The second-order valence-corrected chi connectivity index (χ2v) is 13.9. The van der Waals surface area contributed by atoms with Crippen molar-refractivity contribution >= 4 is 8.56 Å². The fraction of sp³-hybridized carbons (Fsp3) is 1.00. The zero-order valence-electron chi connectivity index (χ0n) is 18.5. The average Bonchev–Trinajstić information content (AvgIpc) is 2.45. The van der Waals surface area contributed by atoms with Crippen molar-refractivity contribution in [3.63, 3.8) is 0 Å². The summed E-state index contributed by atoms with van der Waals surface area (Å²) in [6.45, 7) is 20.3. The summed E-state index contributed by atoms with van der Waals surface area (Å²) in [7, 11) is -2.12. The Labute approximate surface area is 159 Å². The van der Waals surface area contributed by atoms with Gasteiger partial charge in [0.05, 0.1) is 0 Å². The maximum atomic E-state index is 6.51. The van der Waals surface area contributed by atoms with E-state index in [4.69, 9.17) is 8.85 Å². The van der Waals surface area contributed by atoms with Crippen LogP contribution in [0, 0.1) is 16.7 Å². The van der Waals surface area contributed by atoms with Gasteiger partial charge in [0.25, 0.3) is 0 Å². The van der Waals surface area contributed by atoms with Crippen LogP contribution in [0.2, 0.25) is 11.6 Å². The largest absolute Gasteiger partial charge is 0.394 e. The van der Waals surface area contributed by atoms with Gasteiger partial charge in [0.15, 0.2) is 0 Å². The van der Waals surface area contributed by atoms with Crippen LogP contribution in [0.25, 0.3) is 0 Å². The number of rotatable bonds is 10. The molecule has 1 saturated carbocycles. The second-order valence-electron chi connectivity index (χ2n) is 10.4. The van der Waals surface area contributed by atoms with Gasteiger partial charge in [0.1, 0.15) is 0 Å². The van der Waals surface area contributed by atoms with Gasteiger partial charge in [-0.1, -0.05) is 60.8 Å². The van der Waals surface area contributed by atoms with E-state index in [1.54, 1.807) is 0 Å². The van der Waals surface area contributed by atoms with E-state index in [-0.39, 0.29) is 0 Å². The zero-order valence-corrected chi connectivity index (χ0v) is 19.5. The molecule has 1 fully saturated rings. The summed E-state index contributed by atoms with van der Waals surface area (Å²) in [6, 6.07) is 1.17. The molecule has 3 heteroatoms. The molecular weight excluding hydrogens is 324 g/mol. The van der Waals surface area contributed by atoms with Gasteiger partial charge >= 0.3 is 8.56 Å². The molecule has 150 valence electrons. The van der Waals surface area contributed by atoms with Crippen molar-refractivity contribution in [1.82, 2.24) is 0 Å². The molecule has 0 aromatic carbocycles. The van der Waals surface area contributed by atoms with E-state index in [1.165, 1.54) is 51.0 Å². The SMILES string of the molecule is CCO[Si](CC(C)CC(C)(C)CC(C)(C)C)(OCC)C1CCCCC1. The Kier molecular flexibility index (Phi) is 9.17. The molecule has 0 radical (unpaired) electrons. The van der Waals surface area contributed by atoms with E-state index < -0.39 is 8.56 Å². The van der Waals surface area contributed by atoms with Gasteiger partial charge < -0.3 is 8.85 Å². The minimum absolute atomic E-state index is 0.378. The normalized spacial score (nSPS) is 19.2. The topological polar surface area (TPSA) is 18.5 Å². The molecule has 0 heterocycles. The molecule has 0 aromatic rings. The lowest BCUT2D eigenvalue weighted by atomic mass is 9.72. The molecule has 0 amide bonds. The van der Waals surface area contributed by atoms with Crippen molar-refractivity contribution < 1.29 is 8.85 Å². The molecule has 0 aliphatic heterocycles. The smallest absolute Gasteiger partial charge is 0.341 e. The lowest BCUT2D eigenvalue weighted by Gasteiger charge is -2.42. The van der Waals surface area contributed by atoms with Gasteiger partial charge in [-0.3, -0.25) is 0 Å². The van der Waals surface area contributed by atoms with Crippen molar-refractivity contribution in [2.24, 2.45) is 16.7 Å². The van der Waals surface area contributed by atoms with Gasteiger partial charge in [-0.15, -0.1) is 0 Å². The van der Waals surface area contributed by atoms with Crippen LogP contribution in [-0.2, 0) is 8.85 Å². The predicted molar refractivity (Wildman–Crippen MR) is 112 cm³/mol. The van der Waals surface area contributed by atoms with Gasteiger partial charge in [-0.25, -0.2) is 0 Å². The Morgan fingerprint density at radius 3 is 1.88 bits per heavy atom. The van der Waals surface area contributed by atoms with Crippen molar-refractivity contribution in [1.29, 1.82) is 0 Å². The summed E-state index contributed by atoms with van der Waals surface area (Å²) in [4.78, 5) is 0. The standard InChI is InChI=1S/C22H46O2Si/c1-9-23-25(24-10-2,20-14-12-11-13-15-20)17-19(3)16-22(7,8)18-21(4,5)6/h19-20H,9-18H2,1-8H3. The first-order valence-electron chi connectivity index (χ1n) is 10.8. The number of hydrogen-bond donors (Lipinski definition) is 0. The first-order valence-corrected chi connectivity index (χ1v) is 12.9. The van der Waals surface area contributed by atoms with Crippen molar-refractivity contribution in [2.75, 3.05) is 13.2 Å². The van der Waals surface area contributed by atoms with Crippen LogP contribution in [-0.4, -0.2) is 21.8 Å². The van der Waals surface area contributed by atoms with Crippen LogP contribution in [0.4, 0.5) is 0 Å². The van der Waals surface area contributed by atoms with Gasteiger partial charge in [-0.05, 0) is 62.3 Å². The summed E-state index contributed by atoms with van der Waals surface area (Å²) in [5, 5.41) is 0. The van der Waals surface area contributed by atoms with Gasteiger partial charge in [-0.2, -0.15) is 0 Å². The maximum absolute atomic E-state index is 6.51. The molecule has 0 bridgehead atoms. The maximum Gasteiger partial charge on any atom is 0.341 e. The van der Waals surface area contributed by atoms with Crippen LogP contribution in [0.5, 0.6) is 0 Å². The molecule has 1 atom stereocenters. The van der Waals surface area contributed by atoms with Gasteiger partial charge in [0, 0.05) is 18.8 Å². The molecule has 1 rings (SSSR count). The Balaban J connectivity index is 2.84. The second kappa shape index (κ2) is 9.89. The minimum atomic E-state index is -2.12. The lowest BCUT2D eigenvalue weighted by molar-refractivity contribution is 0.146. The number of hydrogen-bond acceptors (Lipinski definition) is 2. The first-order chi connectivity index (χ1) is 11.5. The summed E-state index contributed by atoms with van der Waals surface area (Å²) < 4.78 is 13.0. The molecule has 0 saturated heterocycles. The van der Waals surface area contributed by atoms with Crippen LogP contribution >= 0.6 is 0 Å². The summed E-state index contributed by atoms with van der Waals surface area (Å²) in [5.74, 6) is 0.670. The molecule has 2 nitrogen and oxygen atoms in total. The molecular formula is C22H46O2Si. The third-order valence-corrected chi connectivity index (χ3v) is 10.2. The quantitative estimate of drug-likeness (QED) is 0.375. The summed E-state index contributed by atoms with van der Waals surface area (Å²) >= 11 is 0. The Hall–Kier alpha value is 0.137. The highest BCUT2D eigenvalue weighted by Gasteiger charge is 2.47. The van der Waals surface area contributed by atoms with E-state index >= 15 is 0 Å². The van der Waals surface area contributed by atoms with Crippen LogP contribution in [0.15, 0.2) is 0 Å². The molecule has 1 unspecified atom stereocenters. The van der Waals surface area contributed by atoms with Crippen LogP contribution in [0.1, 0.15) is 100 Å². The van der Waals surface area contributed by atoms with Gasteiger partial charge in [0.2, 0.25) is 0 Å². The summed E-state index contributed by atoms with van der Waals surface area (Å²) in [5.41, 5.74) is 1.47. The first kappa shape index (κ1) is 23.2. The van der Waals surface area contributed by atoms with Crippen LogP contribution in [0.3, 0.4) is 0 Å². The van der Waals surface area contributed by atoms with Crippen molar-refractivity contribution in [3.05, 3.63) is 0 Å². The molecule has 1 aliphatic carbocycles. The van der Waals surface area contributed by atoms with E-state index in [9.17, 15) is 0 Å². The van der Waals surface area contributed by atoms with E-state index in [2.05, 4.69) is 55.4 Å². The van der Waals surface area contributed by atoms with E-state index in [1.807, 2.05) is 0 Å². The predicted octanol–water partition coefficient (Wildman–Crippen LogP) is 7.32. The summed E-state index contributed by atoms with van der Waals surface area (Å²) in [6.07, 6.45) is 9.31. The van der Waals surface area contributed by atoms with E-state index in [0.29, 0.717) is 22.3 Å². The lowest BCUT2D eigenvalue weighted by Crippen LogP contribution is -2.49. The molecule has 0 aromatic heterocycles. The average molecular weight is 371 g/mol. The third-order valence-electron chi connectivity index (χ3n) is 5.55. The highest BCUT2D eigenvalue weighted by Crippen LogP contribution is 2.45. The molecule has 25 heavy (non-hydrogen) atoms. The van der Waals surface area contributed by atoms with Crippen molar-refractivity contribution in [2.45, 2.75) is 112 Å². The zero-order chi connectivity index (χ0) is 19.1. The molecule has 1 aliphatic rings.